The van der Waals surface area contributed by atoms with Gasteiger partial charge in [0.2, 0.25) is 5.95 Å². The first-order valence-electron chi connectivity index (χ1n) is 14.0. The summed E-state index contributed by atoms with van der Waals surface area (Å²) in [4.78, 5) is 31.0. The van der Waals surface area contributed by atoms with E-state index in [0.29, 0.717) is 23.2 Å². The summed E-state index contributed by atoms with van der Waals surface area (Å²) >= 11 is 0. The molecule has 0 fully saturated rings. The molecule has 6 rings (SSSR count). The van der Waals surface area contributed by atoms with E-state index in [9.17, 15) is 22.0 Å². The highest BCUT2D eigenvalue weighted by Crippen LogP contribution is 2.32. The van der Waals surface area contributed by atoms with Crippen molar-refractivity contribution in [3.05, 3.63) is 125 Å². The number of nitrogens with one attached hydrogen (secondary N) is 2. The van der Waals surface area contributed by atoms with Gasteiger partial charge in [-0.25, -0.2) is 27.2 Å². The molecule has 0 aliphatic rings. The van der Waals surface area contributed by atoms with Crippen molar-refractivity contribution in [2.45, 2.75) is 24.3 Å². The predicted octanol–water partition coefficient (Wildman–Crippen LogP) is 5.46. The van der Waals surface area contributed by atoms with E-state index in [2.05, 4.69) is 25.0 Å². The zero-order valence-corrected chi connectivity index (χ0v) is 25.0. The molecular weight excluding hydrogens is 614 g/mol. The summed E-state index contributed by atoms with van der Waals surface area (Å²) in [5, 5.41) is 3.15. The van der Waals surface area contributed by atoms with Crippen LogP contribution in [0.1, 0.15) is 25.2 Å². The van der Waals surface area contributed by atoms with Gasteiger partial charge in [-0.1, -0.05) is 31.2 Å². The normalized spacial score (nSPS) is 12.2. The molecule has 0 saturated heterocycles. The third kappa shape index (κ3) is 5.97. The van der Waals surface area contributed by atoms with Crippen LogP contribution >= 0.6 is 0 Å². The van der Waals surface area contributed by atoms with Crippen LogP contribution < -0.4 is 21.3 Å². The molecule has 3 heterocycles. The first-order chi connectivity index (χ1) is 22.1. The van der Waals surface area contributed by atoms with Gasteiger partial charge in [0.15, 0.2) is 0 Å². The van der Waals surface area contributed by atoms with Gasteiger partial charge in [0, 0.05) is 35.4 Å². The van der Waals surface area contributed by atoms with Gasteiger partial charge in [-0.2, -0.15) is 4.98 Å². The van der Waals surface area contributed by atoms with Crippen molar-refractivity contribution in [2.75, 3.05) is 15.8 Å². The van der Waals surface area contributed by atoms with E-state index in [1.807, 2.05) is 6.92 Å². The topological polar surface area (TPSA) is 158 Å². The number of anilines is 3. The van der Waals surface area contributed by atoms with Crippen LogP contribution in [0.2, 0.25) is 0 Å². The summed E-state index contributed by atoms with van der Waals surface area (Å²) in [6, 6.07) is 18.6. The molecule has 4 N–H and O–H groups in total. The Labute approximate surface area is 261 Å². The SMILES string of the molecule is CCC(Nc1nc(N)ncc1-c1cncc(S(=O)(=O)Nc2ccc(F)cc2)c1)c1nc2cccc(F)c2c(=O)n1-c1ccccc1. The van der Waals surface area contributed by atoms with Crippen molar-refractivity contribution in [2.24, 2.45) is 0 Å². The lowest BCUT2D eigenvalue weighted by atomic mass is 10.1. The van der Waals surface area contributed by atoms with Crippen molar-refractivity contribution in [3.8, 4) is 16.8 Å². The fourth-order valence-electron chi connectivity index (χ4n) is 4.94. The highest BCUT2D eigenvalue weighted by molar-refractivity contribution is 7.92. The Morgan fingerprint density at radius 2 is 1.70 bits per heavy atom. The minimum Gasteiger partial charge on any atom is -0.368 e. The van der Waals surface area contributed by atoms with Crippen LogP contribution in [-0.4, -0.2) is 32.9 Å². The van der Waals surface area contributed by atoms with Gasteiger partial charge in [0.1, 0.15) is 33.6 Å². The molecule has 1 atom stereocenters. The van der Waals surface area contributed by atoms with E-state index in [1.54, 1.807) is 36.4 Å². The number of sulfonamides is 1. The number of nitrogen functional groups attached to an aromatic ring is 1. The number of halogens is 2. The second kappa shape index (κ2) is 12.3. The third-order valence-electron chi connectivity index (χ3n) is 7.16. The zero-order valence-electron chi connectivity index (χ0n) is 24.2. The quantitative estimate of drug-likeness (QED) is 0.187. The fraction of sp³-hybridized carbons (Fsp3) is 0.0938. The summed E-state index contributed by atoms with van der Waals surface area (Å²) in [5.41, 5.74) is 6.93. The van der Waals surface area contributed by atoms with Gasteiger partial charge in [-0.3, -0.25) is 19.1 Å². The maximum atomic E-state index is 14.9. The Morgan fingerprint density at radius 1 is 0.935 bits per heavy atom. The molecule has 0 aliphatic carbocycles. The van der Waals surface area contributed by atoms with Crippen LogP contribution in [0.5, 0.6) is 0 Å². The fourth-order valence-corrected chi connectivity index (χ4v) is 5.99. The van der Waals surface area contributed by atoms with E-state index in [1.165, 1.54) is 53.5 Å². The molecule has 14 heteroatoms. The second-order valence-electron chi connectivity index (χ2n) is 10.2. The molecule has 0 saturated carbocycles. The Bertz CT molecular complexity index is 2230. The lowest BCUT2D eigenvalue weighted by Crippen LogP contribution is -2.29. The number of aromatic nitrogens is 5. The number of para-hydroxylation sites is 1. The van der Waals surface area contributed by atoms with Crippen LogP contribution in [-0.2, 0) is 10.0 Å². The minimum atomic E-state index is -4.11. The maximum absolute atomic E-state index is 14.9. The lowest BCUT2D eigenvalue weighted by molar-refractivity contribution is 0.600. The molecular formula is C32H26F2N8O3S. The van der Waals surface area contributed by atoms with Crippen molar-refractivity contribution in [3.63, 3.8) is 0 Å². The summed E-state index contributed by atoms with van der Waals surface area (Å²) in [6.07, 6.45) is 4.43. The number of benzene rings is 3. The molecule has 0 amide bonds. The number of hydrogen-bond acceptors (Lipinski definition) is 9. The van der Waals surface area contributed by atoms with E-state index in [4.69, 9.17) is 10.7 Å². The van der Waals surface area contributed by atoms with E-state index < -0.39 is 33.3 Å². The van der Waals surface area contributed by atoms with Crippen molar-refractivity contribution >= 4 is 38.4 Å². The molecule has 46 heavy (non-hydrogen) atoms. The monoisotopic (exact) mass is 640 g/mol. The molecule has 0 spiro atoms. The van der Waals surface area contributed by atoms with Crippen LogP contribution in [0.4, 0.5) is 26.2 Å². The van der Waals surface area contributed by atoms with Crippen LogP contribution in [0.3, 0.4) is 0 Å². The van der Waals surface area contributed by atoms with E-state index in [-0.39, 0.29) is 39.1 Å². The number of fused-ring (bicyclic) bond motifs is 1. The Hall–Kier alpha value is -5.76. The molecule has 6 aromatic rings. The Kier molecular flexibility index (Phi) is 8.11. The maximum Gasteiger partial charge on any atom is 0.269 e. The first kappa shape index (κ1) is 30.3. The average molecular weight is 641 g/mol. The third-order valence-corrected chi connectivity index (χ3v) is 8.50. The van der Waals surface area contributed by atoms with Gasteiger partial charge >= 0.3 is 0 Å². The molecule has 0 bridgehead atoms. The molecule has 11 nitrogen and oxygen atoms in total. The van der Waals surface area contributed by atoms with Crippen molar-refractivity contribution in [1.82, 2.24) is 24.5 Å². The molecule has 1 unspecified atom stereocenters. The van der Waals surface area contributed by atoms with E-state index >= 15 is 0 Å². The summed E-state index contributed by atoms with van der Waals surface area (Å²) < 4.78 is 58.3. The molecule has 232 valence electrons. The van der Waals surface area contributed by atoms with Crippen LogP contribution in [0.15, 0.2) is 107 Å². The number of rotatable bonds is 9. The summed E-state index contributed by atoms with van der Waals surface area (Å²) in [6.45, 7) is 1.87. The number of nitrogens with zero attached hydrogens (tertiary/aromatic N) is 5. The predicted molar refractivity (Wildman–Crippen MR) is 171 cm³/mol. The molecule has 0 radical (unpaired) electrons. The standard InChI is InChI=1S/C32H26F2N8O3S/c1-2-26(30-39-27-10-6-9-25(34)28(27)31(43)42(30)22-7-4-3-5-8-22)38-29-24(18-37-32(35)40-29)19-15-23(17-36-16-19)46(44,45)41-21-13-11-20(33)12-14-21/h3-18,26,41H,2H2,1H3,(H3,35,37,38,40). The van der Waals surface area contributed by atoms with E-state index in [0.717, 1.165) is 12.1 Å². The average Bonchev–Trinajstić information content (AvgIpc) is 3.05. The molecule has 3 aromatic carbocycles. The zero-order chi connectivity index (χ0) is 32.4. The number of nitrogens with two attached hydrogens (primary N) is 1. The van der Waals surface area contributed by atoms with Gasteiger partial charge < -0.3 is 11.1 Å². The van der Waals surface area contributed by atoms with Gasteiger partial charge in [0.05, 0.1) is 17.2 Å². The number of pyridine rings is 1. The largest absolute Gasteiger partial charge is 0.368 e. The van der Waals surface area contributed by atoms with Crippen molar-refractivity contribution < 1.29 is 17.2 Å². The second-order valence-corrected chi connectivity index (χ2v) is 11.9. The first-order valence-corrected chi connectivity index (χ1v) is 15.5. The Morgan fingerprint density at radius 3 is 2.43 bits per heavy atom. The van der Waals surface area contributed by atoms with Gasteiger partial charge in [-0.15, -0.1) is 0 Å². The van der Waals surface area contributed by atoms with Crippen molar-refractivity contribution in [1.29, 1.82) is 0 Å². The van der Waals surface area contributed by atoms with Crippen LogP contribution in [0.25, 0.3) is 27.7 Å². The smallest absolute Gasteiger partial charge is 0.269 e. The molecule has 0 aliphatic heterocycles. The highest BCUT2D eigenvalue weighted by Gasteiger charge is 2.24. The Balaban J connectivity index is 1.43. The van der Waals surface area contributed by atoms with Crippen LogP contribution in [0, 0.1) is 11.6 Å². The highest BCUT2D eigenvalue weighted by atomic mass is 32.2. The minimum absolute atomic E-state index is 0.0650. The lowest BCUT2D eigenvalue weighted by Gasteiger charge is -2.23. The van der Waals surface area contributed by atoms with Gasteiger partial charge in [0.25, 0.3) is 15.6 Å². The summed E-state index contributed by atoms with van der Waals surface area (Å²) in [5.74, 6) is -0.750. The summed E-state index contributed by atoms with van der Waals surface area (Å²) in [7, 11) is -4.11. The van der Waals surface area contributed by atoms with Gasteiger partial charge in [-0.05, 0) is 61.0 Å². The molecule has 3 aromatic heterocycles. The number of hydrogen-bond donors (Lipinski definition) is 3.